The van der Waals surface area contributed by atoms with Crippen molar-refractivity contribution in [1.29, 1.82) is 0 Å². The molecule has 0 unspecified atom stereocenters. The van der Waals surface area contributed by atoms with Gasteiger partial charge in [0.2, 0.25) is 0 Å². The number of aromatic nitrogens is 2. The fourth-order valence-corrected chi connectivity index (χ4v) is 2.86. The molecule has 3 aromatic rings. The first-order valence-corrected chi connectivity index (χ1v) is 8.89. The highest BCUT2D eigenvalue weighted by molar-refractivity contribution is 6.07. The number of hydrogen-bond donors (Lipinski definition) is 1. The zero-order valence-electron chi connectivity index (χ0n) is 14.5. The van der Waals surface area contributed by atoms with Crippen molar-refractivity contribution in [2.45, 2.75) is 32.6 Å². The van der Waals surface area contributed by atoms with Crippen LogP contribution in [0.4, 0.5) is 0 Å². The SMILES string of the molecule is CCCCCCNC(=O)c1cc(-c2ccccn2)nc2ccccc12. The van der Waals surface area contributed by atoms with Crippen LogP contribution in [0.3, 0.4) is 0 Å². The first-order chi connectivity index (χ1) is 12.3. The summed E-state index contributed by atoms with van der Waals surface area (Å²) in [5, 5.41) is 3.91. The molecular weight excluding hydrogens is 310 g/mol. The second kappa shape index (κ2) is 8.38. The molecule has 0 aliphatic carbocycles. The van der Waals surface area contributed by atoms with Gasteiger partial charge in [-0.2, -0.15) is 0 Å². The third kappa shape index (κ3) is 4.21. The molecule has 0 spiro atoms. The Morgan fingerprint density at radius 1 is 1.00 bits per heavy atom. The standard InChI is InChI=1S/C21H23N3O/c1-2-3-4-8-14-23-21(25)17-15-20(19-12-7-9-13-22-19)24-18-11-6-5-10-16(17)18/h5-7,9-13,15H,2-4,8,14H2,1H3,(H,23,25). The molecule has 0 aliphatic heterocycles. The number of para-hydroxylation sites is 1. The summed E-state index contributed by atoms with van der Waals surface area (Å²) in [4.78, 5) is 21.7. The van der Waals surface area contributed by atoms with Crippen LogP contribution in [0, 0.1) is 0 Å². The number of carbonyl (C=O) groups is 1. The Bertz CT molecular complexity index is 846. The number of hydrogen-bond acceptors (Lipinski definition) is 3. The monoisotopic (exact) mass is 333 g/mol. The predicted molar refractivity (Wildman–Crippen MR) is 101 cm³/mol. The van der Waals surface area contributed by atoms with Gasteiger partial charge in [-0.05, 0) is 30.7 Å². The van der Waals surface area contributed by atoms with Crippen molar-refractivity contribution >= 4 is 16.8 Å². The van der Waals surface area contributed by atoms with Gasteiger partial charge in [0.1, 0.15) is 0 Å². The van der Waals surface area contributed by atoms with Crippen LogP contribution in [-0.4, -0.2) is 22.4 Å². The molecule has 1 amide bonds. The van der Waals surface area contributed by atoms with E-state index in [1.807, 2.05) is 48.5 Å². The van der Waals surface area contributed by atoms with Crippen LogP contribution in [0.5, 0.6) is 0 Å². The summed E-state index contributed by atoms with van der Waals surface area (Å²) < 4.78 is 0. The highest BCUT2D eigenvalue weighted by atomic mass is 16.1. The van der Waals surface area contributed by atoms with Crippen LogP contribution >= 0.6 is 0 Å². The molecule has 25 heavy (non-hydrogen) atoms. The minimum Gasteiger partial charge on any atom is -0.352 e. The summed E-state index contributed by atoms with van der Waals surface area (Å²) in [5.41, 5.74) is 2.95. The Kier molecular flexibility index (Phi) is 5.73. The summed E-state index contributed by atoms with van der Waals surface area (Å²) in [6, 6.07) is 15.3. The molecule has 1 aromatic carbocycles. The molecule has 0 atom stereocenters. The molecule has 128 valence electrons. The van der Waals surface area contributed by atoms with Crippen molar-refractivity contribution in [3.63, 3.8) is 0 Å². The molecule has 2 aromatic heterocycles. The normalized spacial score (nSPS) is 10.8. The fourth-order valence-electron chi connectivity index (χ4n) is 2.86. The number of carbonyl (C=O) groups excluding carboxylic acids is 1. The molecule has 3 rings (SSSR count). The largest absolute Gasteiger partial charge is 0.352 e. The van der Waals surface area contributed by atoms with Crippen LogP contribution in [-0.2, 0) is 0 Å². The topological polar surface area (TPSA) is 54.9 Å². The molecule has 0 bridgehead atoms. The zero-order valence-corrected chi connectivity index (χ0v) is 14.5. The number of rotatable bonds is 7. The Balaban J connectivity index is 1.89. The van der Waals surface area contributed by atoms with Crippen LogP contribution in [0.25, 0.3) is 22.3 Å². The minimum atomic E-state index is -0.0488. The van der Waals surface area contributed by atoms with Crippen LogP contribution in [0.15, 0.2) is 54.7 Å². The molecule has 0 radical (unpaired) electrons. The van der Waals surface area contributed by atoms with Crippen LogP contribution in [0.1, 0.15) is 43.0 Å². The molecule has 1 N–H and O–H groups in total. The quantitative estimate of drug-likeness (QED) is 0.643. The Morgan fingerprint density at radius 3 is 2.64 bits per heavy atom. The van der Waals surface area contributed by atoms with E-state index in [9.17, 15) is 4.79 Å². The van der Waals surface area contributed by atoms with E-state index in [2.05, 4.69) is 22.2 Å². The number of benzene rings is 1. The van der Waals surface area contributed by atoms with Gasteiger partial charge in [-0.3, -0.25) is 9.78 Å². The van der Waals surface area contributed by atoms with E-state index in [0.717, 1.165) is 35.1 Å². The van der Waals surface area contributed by atoms with Crippen molar-refractivity contribution < 1.29 is 4.79 Å². The Morgan fingerprint density at radius 2 is 1.84 bits per heavy atom. The van der Waals surface area contributed by atoms with Gasteiger partial charge in [0.15, 0.2) is 0 Å². The Hall–Kier alpha value is -2.75. The minimum absolute atomic E-state index is 0.0488. The van der Waals surface area contributed by atoms with Gasteiger partial charge in [-0.1, -0.05) is 50.5 Å². The first-order valence-electron chi connectivity index (χ1n) is 8.89. The smallest absolute Gasteiger partial charge is 0.252 e. The van der Waals surface area contributed by atoms with E-state index in [-0.39, 0.29) is 5.91 Å². The molecule has 4 nitrogen and oxygen atoms in total. The van der Waals surface area contributed by atoms with Gasteiger partial charge in [0.25, 0.3) is 5.91 Å². The summed E-state index contributed by atoms with van der Waals surface area (Å²) >= 11 is 0. The molecule has 0 fully saturated rings. The number of nitrogens with zero attached hydrogens (tertiary/aromatic N) is 2. The lowest BCUT2D eigenvalue weighted by molar-refractivity contribution is 0.0954. The van der Waals surface area contributed by atoms with E-state index in [1.165, 1.54) is 12.8 Å². The van der Waals surface area contributed by atoms with E-state index in [0.29, 0.717) is 12.1 Å². The van der Waals surface area contributed by atoms with Gasteiger partial charge < -0.3 is 5.32 Å². The van der Waals surface area contributed by atoms with Crippen molar-refractivity contribution in [1.82, 2.24) is 15.3 Å². The van der Waals surface area contributed by atoms with Gasteiger partial charge >= 0.3 is 0 Å². The second-order valence-electron chi connectivity index (χ2n) is 6.10. The van der Waals surface area contributed by atoms with Crippen LogP contribution in [0.2, 0.25) is 0 Å². The zero-order chi connectivity index (χ0) is 17.5. The third-order valence-electron chi connectivity index (χ3n) is 4.20. The number of amides is 1. The van der Waals surface area contributed by atoms with Crippen molar-refractivity contribution in [3.05, 3.63) is 60.3 Å². The summed E-state index contributed by atoms with van der Waals surface area (Å²) in [7, 11) is 0. The lowest BCUT2D eigenvalue weighted by atomic mass is 10.1. The Labute approximate surface area is 148 Å². The number of fused-ring (bicyclic) bond motifs is 1. The summed E-state index contributed by atoms with van der Waals surface area (Å²) in [6.07, 6.45) is 6.29. The first kappa shape index (κ1) is 17.1. The maximum Gasteiger partial charge on any atom is 0.252 e. The van der Waals surface area contributed by atoms with Crippen molar-refractivity contribution in [2.75, 3.05) is 6.54 Å². The number of pyridine rings is 2. The second-order valence-corrected chi connectivity index (χ2v) is 6.10. The van der Waals surface area contributed by atoms with Gasteiger partial charge in [-0.25, -0.2) is 4.98 Å². The molecule has 0 saturated heterocycles. The third-order valence-corrected chi connectivity index (χ3v) is 4.20. The fraction of sp³-hybridized carbons (Fsp3) is 0.286. The van der Waals surface area contributed by atoms with E-state index in [4.69, 9.17) is 0 Å². The summed E-state index contributed by atoms with van der Waals surface area (Å²) in [6.45, 7) is 2.88. The highest BCUT2D eigenvalue weighted by Crippen LogP contribution is 2.23. The molecule has 4 heteroatoms. The van der Waals surface area contributed by atoms with E-state index < -0.39 is 0 Å². The van der Waals surface area contributed by atoms with E-state index >= 15 is 0 Å². The maximum atomic E-state index is 12.7. The van der Waals surface area contributed by atoms with Gasteiger partial charge in [0, 0.05) is 18.1 Å². The average molecular weight is 333 g/mol. The maximum absolute atomic E-state index is 12.7. The molecule has 2 heterocycles. The van der Waals surface area contributed by atoms with Gasteiger partial charge in [0.05, 0.1) is 22.5 Å². The lowest BCUT2D eigenvalue weighted by Crippen LogP contribution is -2.24. The number of nitrogens with one attached hydrogen (secondary N) is 1. The molecule has 0 saturated carbocycles. The van der Waals surface area contributed by atoms with Crippen molar-refractivity contribution in [3.8, 4) is 11.4 Å². The van der Waals surface area contributed by atoms with Crippen molar-refractivity contribution in [2.24, 2.45) is 0 Å². The van der Waals surface area contributed by atoms with Crippen LogP contribution < -0.4 is 5.32 Å². The molecular formula is C21H23N3O. The average Bonchev–Trinajstić information content (AvgIpc) is 2.67. The lowest BCUT2D eigenvalue weighted by Gasteiger charge is -2.10. The summed E-state index contributed by atoms with van der Waals surface area (Å²) in [5.74, 6) is -0.0488. The van der Waals surface area contributed by atoms with Gasteiger partial charge in [-0.15, -0.1) is 0 Å². The predicted octanol–water partition coefficient (Wildman–Crippen LogP) is 4.61. The highest BCUT2D eigenvalue weighted by Gasteiger charge is 2.13. The molecule has 0 aliphatic rings. The number of unbranched alkanes of at least 4 members (excludes halogenated alkanes) is 3. The van der Waals surface area contributed by atoms with E-state index in [1.54, 1.807) is 6.20 Å².